The van der Waals surface area contributed by atoms with Crippen LogP contribution in [-0.4, -0.2) is 22.2 Å². The van der Waals surface area contributed by atoms with Crippen LogP contribution in [0.2, 0.25) is 0 Å². The average molecular weight is 235 g/mol. The highest BCUT2D eigenvalue weighted by Gasteiger charge is 2.16. The number of nitrogens with two attached hydrogens (primary N) is 1. The lowest BCUT2D eigenvalue weighted by atomic mass is 10.1. The number of nitrogens with one attached hydrogen (secondary N) is 1. The van der Waals surface area contributed by atoms with Gasteiger partial charge >= 0.3 is 5.69 Å². The Balaban J connectivity index is 2.57. The van der Waals surface area contributed by atoms with Crippen LogP contribution in [0.4, 0.5) is 0 Å². The van der Waals surface area contributed by atoms with Gasteiger partial charge in [0.2, 0.25) is 0 Å². The molecule has 5 nitrogen and oxygen atoms in total. The van der Waals surface area contributed by atoms with Crippen LogP contribution in [-0.2, 0) is 6.54 Å². The van der Waals surface area contributed by atoms with Crippen LogP contribution < -0.4 is 16.2 Å². The SMILES string of the molecule is COc1ccc2c(c1)[nH]c(=O)n2CC(C)(C)N. The zero-order chi connectivity index (χ0) is 12.6. The van der Waals surface area contributed by atoms with Crippen molar-refractivity contribution in [1.82, 2.24) is 9.55 Å². The van der Waals surface area contributed by atoms with Gasteiger partial charge in [0.05, 0.1) is 18.1 Å². The van der Waals surface area contributed by atoms with Crippen molar-refractivity contribution in [1.29, 1.82) is 0 Å². The maximum Gasteiger partial charge on any atom is 0.326 e. The fourth-order valence-corrected chi connectivity index (χ4v) is 1.83. The number of hydrogen-bond acceptors (Lipinski definition) is 3. The molecular formula is C12H17N3O2. The monoisotopic (exact) mass is 235 g/mol. The third kappa shape index (κ3) is 2.34. The van der Waals surface area contributed by atoms with E-state index in [9.17, 15) is 4.79 Å². The van der Waals surface area contributed by atoms with Crippen LogP contribution in [0.1, 0.15) is 13.8 Å². The van der Waals surface area contributed by atoms with E-state index in [2.05, 4.69) is 4.98 Å². The first-order valence-corrected chi connectivity index (χ1v) is 5.46. The zero-order valence-corrected chi connectivity index (χ0v) is 10.3. The van der Waals surface area contributed by atoms with Crippen molar-refractivity contribution < 1.29 is 4.74 Å². The number of ether oxygens (including phenoxy) is 1. The van der Waals surface area contributed by atoms with E-state index in [1.807, 2.05) is 26.0 Å². The van der Waals surface area contributed by atoms with Gasteiger partial charge in [0, 0.05) is 18.2 Å². The topological polar surface area (TPSA) is 73.0 Å². The van der Waals surface area contributed by atoms with E-state index in [1.54, 1.807) is 17.7 Å². The number of aromatic nitrogens is 2. The van der Waals surface area contributed by atoms with Gasteiger partial charge < -0.3 is 15.5 Å². The minimum absolute atomic E-state index is 0.147. The van der Waals surface area contributed by atoms with Gasteiger partial charge in [-0.2, -0.15) is 0 Å². The van der Waals surface area contributed by atoms with Gasteiger partial charge in [-0.15, -0.1) is 0 Å². The lowest BCUT2D eigenvalue weighted by Gasteiger charge is -2.18. The lowest BCUT2D eigenvalue weighted by molar-refractivity contribution is 0.415. The summed E-state index contributed by atoms with van der Waals surface area (Å²) in [6.07, 6.45) is 0. The van der Waals surface area contributed by atoms with Crippen molar-refractivity contribution in [2.75, 3.05) is 7.11 Å². The normalized spacial score (nSPS) is 12.0. The molecule has 0 spiro atoms. The molecular weight excluding hydrogens is 218 g/mol. The number of methoxy groups -OCH3 is 1. The third-order valence-corrected chi connectivity index (χ3v) is 2.55. The molecule has 0 radical (unpaired) electrons. The van der Waals surface area contributed by atoms with Crippen molar-refractivity contribution >= 4 is 11.0 Å². The fraction of sp³-hybridized carbons (Fsp3) is 0.417. The molecule has 0 aliphatic carbocycles. The van der Waals surface area contributed by atoms with Crippen LogP contribution >= 0.6 is 0 Å². The number of rotatable bonds is 3. The number of imidazole rings is 1. The lowest BCUT2D eigenvalue weighted by Crippen LogP contribution is -2.39. The predicted molar refractivity (Wildman–Crippen MR) is 67.4 cm³/mol. The van der Waals surface area contributed by atoms with E-state index in [1.165, 1.54) is 0 Å². The number of nitrogens with zero attached hydrogens (tertiary/aromatic N) is 1. The summed E-state index contributed by atoms with van der Waals surface area (Å²) in [4.78, 5) is 14.6. The quantitative estimate of drug-likeness (QED) is 0.836. The second-order valence-corrected chi connectivity index (χ2v) is 4.89. The van der Waals surface area contributed by atoms with Crippen molar-refractivity contribution in [3.63, 3.8) is 0 Å². The van der Waals surface area contributed by atoms with E-state index in [4.69, 9.17) is 10.5 Å². The van der Waals surface area contributed by atoms with Crippen molar-refractivity contribution in [3.05, 3.63) is 28.7 Å². The third-order valence-electron chi connectivity index (χ3n) is 2.55. The number of H-pyrrole nitrogens is 1. The van der Waals surface area contributed by atoms with Gasteiger partial charge in [-0.3, -0.25) is 4.57 Å². The molecule has 1 heterocycles. The Bertz CT molecular complexity index is 590. The van der Waals surface area contributed by atoms with Gasteiger partial charge in [0.1, 0.15) is 5.75 Å². The van der Waals surface area contributed by atoms with Gasteiger partial charge in [-0.05, 0) is 26.0 Å². The first-order valence-electron chi connectivity index (χ1n) is 5.46. The highest BCUT2D eigenvalue weighted by atomic mass is 16.5. The number of aromatic amines is 1. The smallest absolute Gasteiger partial charge is 0.326 e. The Morgan fingerprint density at radius 2 is 2.18 bits per heavy atom. The summed E-state index contributed by atoms with van der Waals surface area (Å²) in [6.45, 7) is 4.25. The summed E-state index contributed by atoms with van der Waals surface area (Å²) in [5.41, 5.74) is 6.97. The molecule has 1 aromatic carbocycles. The molecule has 0 aliphatic heterocycles. The second kappa shape index (κ2) is 3.92. The Kier molecular flexibility index (Phi) is 2.71. The molecule has 0 amide bonds. The Morgan fingerprint density at radius 1 is 1.47 bits per heavy atom. The summed E-state index contributed by atoms with van der Waals surface area (Å²) in [5, 5.41) is 0. The highest BCUT2D eigenvalue weighted by molar-refractivity contribution is 5.77. The molecule has 0 saturated carbocycles. The number of hydrogen-bond donors (Lipinski definition) is 2. The largest absolute Gasteiger partial charge is 0.497 e. The first-order chi connectivity index (χ1) is 7.90. The van der Waals surface area contributed by atoms with Crippen LogP contribution in [0.5, 0.6) is 5.75 Å². The van der Waals surface area contributed by atoms with E-state index >= 15 is 0 Å². The van der Waals surface area contributed by atoms with Crippen molar-refractivity contribution in [3.8, 4) is 5.75 Å². The van der Waals surface area contributed by atoms with Gasteiger partial charge in [0.15, 0.2) is 0 Å². The number of fused-ring (bicyclic) bond motifs is 1. The van der Waals surface area contributed by atoms with Gasteiger partial charge in [-0.1, -0.05) is 0 Å². The van der Waals surface area contributed by atoms with E-state index < -0.39 is 5.54 Å². The van der Waals surface area contributed by atoms with Crippen molar-refractivity contribution in [2.24, 2.45) is 5.73 Å². The molecule has 92 valence electrons. The second-order valence-electron chi connectivity index (χ2n) is 4.89. The van der Waals surface area contributed by atoms with E-state index in [0.717, 1.165) is 16.8 Å². The van der Waals surface area contributed by atoms with E-state index in [-0.39, 0.29) is 5.69 Å². The Morgan fingerprint density at radius 3 is 2.76 bits per heavy atom. The summed E-state index contributed by atoms with van der Waals surface area (Å²) in [5.74, 6) is 0.720. The van der Waals surface area contributed by atoms with Crippen LogP contribution in [0.25, 0.3) is 11.0 Å². The van der Waals surface area contributed by atoms with Crippen LogP contribution in [0.15, 0.2) is 23.0 Å². The van der Waals surface area contributed by atoms with Gasteiger partial charge in [0.25, 0.3) is 0 Å². The average Bonchev–Trinajstić information content (AvgIpc) is 2.52. The minimum atomic E-state index is -0.432. The molecule has 0 bridgehead atoms. The molecule has 3 N–H and O–H groups in total. The standard InChI is InChI=1S/C12H17N3O2/c1-12(2,13)7-15-10-5-4-8(17-3)6-9(10)14-11(15)16/h4-6H,7,13H2,1-3H3,(H,14,16). The summed E-state index contributed by atoms with van der Waals surface area (Å²) in [6, 6.07) is 5.49. The summed E-state index contributed by atoms with van der Waals surface area (Å²) >= 11 is 0. The van der Waals surface area contributed by atoms with E-state index in [0.29, 0.717) is 6.54 Å². The maximum atomic E-state index is 11.8. The van der Waals surface area contributed by atoms with Crippen LogP contribution in [0, 0.1) is 0 Å². The zero-order valence-electron chi connectivity index (χ0n) is 10.3. The molecule has 2 aromatic rings. The molecule has 0 aliphatic rings. The predicted octanol–water partition coefficient (Wildman–Crippen LogP) is 1.08. The molecule has 17 heavy (non-hydrogen) atoms. The van der Waals surface area contributed by atoms with Crippen LogP contribution in [0.3, 0.4) is 0 Å². The Hall–Kier alpha value is -1.75. The molecule has 0 saturated heterocycles. The summed E-state index contributed by atoms with van der Waals surface area (Å²) < 4.78 is 6.76. The number of benzene rings is 1. The molecule has 5 heteroatoms. The Labute approximate surface area is 99.2 Å². The molecule has 0 unspecified atom stereocenters. The fourth-order valence-electron chi connectivity index (χ4n) is 1.83. The molecule has 1 aromatic heterocycles. The molecule has 0 fully saturated rings. The minimum Gasteiger partial charge on any atom is -0.497 e. The maximum absolute atomic E-state index is 11.8. The molecule has 2 rings (SSSR count). The van der Waals surface area contributed by atoms with Crippen molar-refractivity contribution in [2.45, 2.75) is 25.9 Å². The molecule has 0 atom stereocenters. The first kappa shape index (κ1) is 11.7. The van der Waals surface area contributed by atoms with Gasteiger partial charge in [-0.25, -0.2) is 4.79 Å². The summed E-state index contributed by atoms with van der Waals surface area (Å²) in [7, 11) is 1.60. The highest BCUT2D eigenvalue weighted by Crippen LogP contribution is 2.18.